The Morgan fingerprint density at radius 2 is 2.06 bits per heavy atom. The molecule has 1 aromatic heterocycles. The predicted octanol–water partition coefficient (Wildman–Crippen LogP) is 0.902. The highest BCUT2D eigenvalue weighted by molar-refractivity contribution is 8.00. The number of hydrogen-bond acceptors (Lipinski definition) is 7. The van der Waals surface area contributed by atoms with Gasteiger partial charge in [0.2, 0.25) is 5.91 Å². The first kappa shape index (κ1) is 23.6. The van der Waals surface area contributed by atoms with Crippen LogP contribution >= 0.6 is 11.8 Å². The van der Waals surface area contributed by atoms with Crippen LogP contribution in [0.15, 0.2) is 17.3 Å². The van der Waals surface area contributed by atoms with Gasteiger partial charge in [0.05, 0.1) is 0 Å². The predicted molar refractivity (Wildman–Crippen MR) is 103 cm³/mol. The number of rotatable bonds is 7. The van der Waals surface area contributed by atoms with Crippen molar-refractivity contribution < 1.29 is 42.2 Å². The van der Waals surface area contributed by atoms with Crippen molar-refractivity contribution in [2.24, 2.45) is 0 Å². The topological polar surface area (TPSA) is 131 Å². The summed E-state index contributed by atoms with van der Waals surface area (Å²) >= 11 is 1.21. The van der Waals surface area contributed by atoms with Crippen molar-refractivity contribution >= 4 is 35.5 Å². The first-order valence-electron chi connectivity index (χ1n) is 9.34. The summed E-state index contributed by atoms with van der Waals surface area (Å²) < 4.78 is 44.1. The van der Waals surface area contributed by atoms with E-state index < -0.39 is 47.0 Å². The Kier molecular flexibility index (Phi) is 6.53. The minimum atomic E-state index is -4.60. The molecular formula is C18H19F3N4O6S. The molecule has 2 N–H and O–H groups in total. The number of carboxylic acids is 1. The number of aromatic nitrogens is 2. The van der Waals surface area contributed by atoms with Crippen molar-refractivity contribution in [3.8, 4) is 0 Å². The molecule has 1 fully saturated rings. The van der Waals surface area contributed by atoms with Gasteiger partial charge in [0.25, 0.3) is 5.91 Å². The van der Waals surface area contributed by atoms with Crippen LogP contribution in [0.1, 0.15) is 24.7 Å². The summed E-state index contributed by atoms with van der Waals surface area (Å²) in [6.07, 6.45) is -4.82. The van der Waals surface area contributed by atoms with Crippen molar-refractivity contribution in [3.63, 3.8) is 0 Å². The minimum Gasteiger partial charge on any atom is -0.477 e. The van der Waals surface area contributed by atoms with Crippen LogP contribution in [0.25, 0.3) is 0 Å². The van der Waals surface area contributed by atoms with Crippen LogP contribution < -0.4 is 5.32 Å². The second kappa shape index (κ2) is 8.84. The zero-order valence-electron chi connectivity index (χ0n) is 16.9. The summed E-state index contributed by atoms with van der Waals surface area (Å²) in [5, 5.41) is 14.8. The van der Waals surface area contributed by atoms with Gasteiger partial charge < -0.3 is 15.2 Å². The number of aliphatic carboxylic acids is 1. The molecule has 0 aliphatic carbocycles. The Morgan fingerprint density at radius 3 is 2.62 bits per heavy atom. The van der Waals surface area contributed by atoms with Crippen LogP contribution in [0.4, 0.5) is 13.2 Å². The van der Waals surface area contributed by atoms with Crippen molar-refractivity contribution in [2.75, 3.05) is 12.4 Å². The molecule has 1 aromatic rings. The van der Waals surface area contributed by atoms with Gasteiger partial charge in [-0.25, -0.2) is 4.79 Å². The number of carbonyl (C=O) groups is 4. The van der Waals surface area contributed by atoms with Crippen LogP contribution in [0.3, 0.4) is 0 Å². The highest BCUT2D eigenvalue weighted by Gasteiger charge is 2.54. The van der Waals surface area contributed by atoms with Gasteiger partial charge in [0.1, 0.15) is 23.7 Å². The number of alkyl halides is 3. The third-order valence-electron chi connectivity index (χ3n) is 4.84. The fourth-order valence-corrected chi connectivity index (χ4v) is 4.64. The van der Waals surface area contributed by atoms with E-state index in [9.17, 15) is 37.5 Å². The van der Waals surface area contributed by atoms with Crippen LogP contribution in [-0.2, 0) is 36.6 Å². The van der Waals surface area contributed by atoms with Gasteiger partial charge in [-0.15, -0.1) is 11.8 Å². The second-order valence-corrected chi connectivity index (χ2v) is 8.24. The SMILES string of the molecule is CC(=O)OCC1=C(C(=O)O)N2C(=O)[C@H](NC(=O)CCn3nc(C(F)(F)F)cc3C)[C@@H]2SC1. The van der Waals surface area contributed by atoms with E-state index in [1.54, 1.807) is 0 Å². The number of β-lactam (4-membered cyclic amide) rings is 1. The molecule has 0 saturated carbocycles. The van der Waals surface area contributed by atoms with E-state index in [-0.39, 0.29) is 42.3 Å². The van der Waals surface area contributed by atoms with Crippen molar-refractivity contribution in [3.05, 3.63) is 28.7 Å². The normalized spacial score (nSPS) is 20.5. The fraction of sp³-hybridized carbons (Fsp3) is 0.500. The highest BCUT2D eigenvalue weighted by atomic mass is 32.2. The lowest BCUT2D eigenvalue weighted by Gasteiger charge is -2.49. The number of nitrogens with one attached hydrogen (secondary N) is 1. The van der Waals surface area contributed by atoms with Crippen LogP contribution in [0.2, 0.25) is 0 Å². The number of esters is 1. The fourth-order valence-electron chi connectivity index (χ4n) is 3.31. The standard InChI is InChI=1S/C18H19F3N4O6S/c1-8-5-11(18(19,20)21)23-24(8)4-3-12(27)22-13-15(28)25-14(17(29)30)10(6-31-9(2)26)7-32-16(13)25/h5,13,16H,3-4,6-7H2,1-2H3,(H,22,27)(H,29,30)/t13-,16-/m0/s1. The Balaban J connectivity index is 1.61. The summed E-state index contributed by atoms with van der Waals surface area (Å²) in [4.78, 5) is 48.5. The van der Waals surface area contributed by atoms with Gasteiger partial charge in [0.15, 0.2) is 5.69 Å². The van der Waals surface area contributed by atoms with Gasteiger partial charge in [-0.1, -0.05) is 0 Å². The maximum absolute atomic E-state index is 12.7. The molecule has 0 bridgehead atoms. The summed E-state index contributed by atoms with van der Waals surface area (Å²) in [6.45, 7) is 2.22. The molecule has 174 valence electrons. The average molecular weight is 476 g/mol. The lowest BCUT2D eigenvalue weighted by Crippen LogP contribution is -2.70. The minimum absolute atomic E-state index is 0.122. The first-order chi connectivity index (χ1) is 14.9. The van der Waals surface area contributed by atoms with E-state index in [2.05, 4.69) is 10.4 Å². The summed E-state index contributed by atoms with van der Waals surface area (Å²) in [5.74, 6) is -2.99. The summed E-state index contributed by atoms with van der Waals surface area (Å²) in [5.41, 5.74) is -0.842. The third-order valence-corrected chi connectivity index (χ3v) is 6.18. The maximum atomic E-state index is 12.7. The van der Waals surface area contributed by atoms with Gasteiger partial charge in [-0.2, -0.15) is 18.3 Å². The van der Waals surface area contributed by atoms with E-state index in [4.69, 9.17) is 4.74 Å². The molecule has 10 nitrogen and oxygen atoms in total. The van der Waals surface area contributed by atoms with Gasteiger partial charge in [-0.3, -0.25) is 24.0 Å². The number of carbonyl (C=O) groups excluding carboxylic acids is 3. The van der Waals surface area contributed by atoms with Crippen LogP contribution in [-0.4, -0.2) is 67.3 Å². The lowest BCUT2D eigenvalue weighted by molar-refractivity contribution is -0.151. The van der Waals surface area contributed by atoms with E-state index >= 15 is 0 Å². The molecule has 0 aromatic carbocycles. The van der Waals surface area contributed by atoms with Gasteiger partial charge in [0, 0.05) is 36.9 Å². The largest absolute Gasteiger partial charge is 0.477 e. The quantitative estimate of drug-likeness (QED) is 0.439. The molecule has 3 heterocycles. The number of halogens is 3. The Bertz CT molecular complexity index is 1010. The Labute approximate surface area is 183 Å². The zero-order valence-corrected chi connectivity index (χ0v) is 17.7. The lowest BCUT2D eigenvalue weighted by atomic mass is 10.0. The van der Waals surface area contributed by atoms with Crippen LogP contribution in [0, 0.1) is 6.92 Å². The number of aryl methyl sites for hydroxylation is 2. The number of carboxylic acid groups (broad SMARTS) is 1. The smallest absolute Gasteiger partial charge is 0.435 e. The Hall–Kier alpha value is -3.03. The monoisotopic (exact) mass is 476 g/mol. The molecule has 2 aliphatic heterocycles. The zero-order chi connectivity index (χ0) is 23.8. The van der Waals surface area contributed by atoms with Crippen molar-refractivity contribution in [1.29, 1.82) is 0 Å². The number of nitrogens with zero attached hydrogens (tertiary/aromatic N) is 3. The molecule has 1 saturated heterocycles. The van der Waals surface area contributed by atoms with Crippen LogP contribution in [0.5, 0.6) is 0 Å². The molecule has 3 rings (SSSR count). The van der Waals surface area contributed by atoms with Crippen molar-refractivity contribution in [2.45, 2.75) is 44.4 Å². The molecule has 14 heteroatoms. The molecule has 0 unspecified atom stereocenters. The number of fused-ring (bicyclic) bond motifs is 1. The molecule has 0 spiro atoms. The highest BCUT2D eigenvalue weighted by Crippen LogP contribution is 2.40. The number of thioether (sulfide) groups is 1. The molecule has 2 atom stereocenters. The maximum Gasteiger partial charge on any atom is 0.435 e. The number of hydrogen-bond donors (Lipinski definition) is 2. The average Bonchev–Trinajstić information content (AvgIpc) is 3.08. The van der Waals surface area contributed by atoms with E-state index in [0.29, 0.717) is 0 Å². The van der Waals surface area contributed by atoms with Gasteiger partial charge >= 0.3 is 18.1 Å². The van der Waals surface area contributed by atoms with Crippen molar-refractivity contribution in [1.82, 2.24) is 20.0 Å². The molecule has 2 amide bonds. The van der Waals surface area contributed by atoms with Gasteiger partial charge in [-0.05, 0) is 13.0 Å². The summed E-state index contributed by atoms with van der Waals surface area (Å²) in [7, 11) is 0. The van der Waals surface area contributed by atoms with E-state index in [1.165, 1.54) is 25.6 Å². The molecule has 32 heavy (non-hydrogen) atoms. The second-order valence-electron chi connectivity index (χ2n) is 7.13. The first-order valence-corrected chi connectivity index (χ1v) is 10.4. The Morgan fingerprint density at radius 1 is 1.38 bits per heavy atom. The third kappa shape index (κ3) is 4.74. The molecular weight excluding hydrogens is 457 g/mol. The van der Waals surface area contributed by atoms with E-state index in [1.807, 2.05) is 0 Å². The number of amides is 2. The number of ether oxygens (including phenoxy) is 1. The molecule has 0 radical (unpaired) electrons. The molecule has 2 aliphatic rings. The van der Waals surface area contributed by atoms with E-state index in [0.717, 1.165) is 15.6 Å². The summed E-state index contributed by atoms with van der Waals surface area (Å²) in [6, 6.07) is -0.0987.